The largest absolute Gasteiger partial charge is 0.492 e. The molecular weight excluding hydrogens is 238 g/mol. The van der Waals surface area contributed by atoms with Gasteiger partial charge in [-0.15, -0.1) is 0 Å². The maximum Gasteiger partial charge on any atom is 0.122 e. The van der Waals surface area contributed by atoms with Gasteiger partial charge in [-0.1, -0.05) is 31.0 Å². The summed E-state index contributed by atoms with van der Waals surface area (Å²) in [6, 6.07) is 6.26. The number of benzene rings is 1. The van der Waals surface area contributed by atoms with Crippen molar-refractivity contribution in [3.8, 4) is 5.75 Å². The molecule has 3 nitrogen and oxygen atoms in total. The summed E-state index contributed by atoms with van der Waals surface area (Å²) >= 11 is 0. The molecule has 0 bridgehead atoms. The van der Waals surface area contributed by atoms with Gasteiger partial charge in [-0.2, -0.15) is 0 Å². The fraction of sp³-hybridized carbons (Fsp3) is 0.625. The summed E-state index contributed by atoms with van der Waals surface area (Å²) in [5.41, 5.74) is 2.47. The molecule has 1 aromatic rings. The summed E-state index contributed by atoms with van der Waals surface area (Å²) in [4.78, 5) is 0. The van der Waals surface area contributed by atoms with Crippen molar-refractivity contribution >= 4 is 0 Å². The molecule has 3 heteroatoms. The Morgan fingerprint density at radius 2 is 1.84 bits per heavy atom. The molecule has 0 heterocycles. The summed E-state index contributed by atoms with van der Waals surface area (Å²) in [7, 11) is 0. The molecular formula is C16H27NO2. The van der Waals surface area contributed by atoms with Gasteiger partial charge in [0.05, 0.1) is 6.61 Å². The first-order chi connectivity index (χ1) is 9.24. The minimum Gasteiger partial charge on any atom is -0.492 e. The highest BCUT2D eigenvalue weighted by atomic mass is 16.5. The van der Waals surface area contributed by atoms with Crippen LogP contribution in [0.1, 0.15) is 30.9 Å². The first-order valence-electron chi connectivity index (χ1n) is 7.22. The third-order valence-corrected chi connectivity index (χ3v) is 2.93. The van der Waals surface area contributed by atoms with Crippen molar-refractivity contribution in [3.63, 3.8) is 0 Å². The van der Waals surface area contributed by atoms with Crippen LogP contribution < -0.4 is 10.1 Å². The summed E-state index contributed by atoms with van der Waals surface area (Å²) in [5, 5.41) is 3.31. The summed E-state index contributed by atoms with van der Waals surface area (Å²) in [6.07, 6.45) is 2.34. The third kappa shape index (κ3) is 7.19. The quantitative estimate of drug-likeness (QED) is 0.659. The van der Waals surface area contributed by atoms with Crippen LogP contribution in [0.2, 0.25) is 0 Å². The van der Waals surface area contributed by atoms with Crippen LogP contribution in [0.4, 0.5) is 0 Å². The number of aryl methyl sites for hydroxylation is 2. The van der Waals surface area contributed by atoms with Gasteiger partial charge in [0.2, 0.25) is 0 Å². The average molecular weight is 265 g/mol. The van der Waals surface area contributed by atoms with Gasteiger partial charge in [-0.05, 0) is 31.9 Å². The van der Waals surface area contributed by atoms with E-state index in [1.165, 1.54) is 17.5 Å². The van der Waals surface area contributed by atoms with E-state index in [1.54, 1.807) is 0 Å². The van der Waals surface area contributed by atoms with Crippen molar-refractivity contribution in [2.24, 2.45) is 0 Å². The monoisotopic (exact) mass is 265 g/mol. The number of hydrogen-bond donors (Lipinski definition) is 1. The van der Waals surface area contributed by atoms with Crippen LogP contribution in [0.3, 0.4) is 0 Å². The second kappa shape index (κ2) is 9.82. The van der Waals surface area contributed by atoms with Gasteiger partial charge in [0.1, 0.15) is 12.4 Å². The van der Waals surface area contributed by atoms with Crippen molar-refractivity contribution in [2.75, 3.05) is 32.9 Å². The van der Waals surface area contributed by atoms with Gasteiger partial charge >= 0.3 is 0 Å². The van der Waals surface area contributed by atoms with Crippen molar-refractivity contribution in [2.45, 2.75) is 33.6 Å². The molecule has 0 radical (unpaired) electrons. The lowest BCUT2D eigenvalue weighted by Crippen LogP contribution is -2.25. The first-order valence-corrected chi connectivity index (χ1v) is 7.22. The highest BCUT2D eigenvalue weighted by molar-refractivity contribution is 5.35. The normalized spacial score (nSPS) is 10.7. The smallest absolute Gasteiger partial charge is 0.122 e. The lowest BCUT2D eigenvalue weighted by atomic mass is 10.1. The van der Waals surface area contributed by atoms with Crippen LogP contribution in [0.5, 0.6) is 5.75 Å². The van der Waals surface area contributed by atoms with E-state index in [0.717, 1.165) is 38.5 Å². The highest BCUT2D eigenvalue weighted by Gasteiger charge is 1.98. The molecule has 0 saturated heterocycles. The Kier molecular flexibility index (Phi) is 8.26. The molecule has 0 aliphatic carbocycles. The summed E-state index contributed by atoms with van der Waals surface area (Å²) in [6.45, 7) is 10.4. The molecule has 19 heavy (non-hydrogen) atoms. The molecule has 0 spiro atoms. The van der Waals surface area contributed by atoms with Gasteiger partial charge in [-0.3, -0.25) is 0 Å². The van der Waals surface area contributed by atoms with Crippen LogP contribution >= 0.6 is 0 Å². The maximum absolute atomic E-state index is 5.73. The standard InChI is InChI=1S/C16H27NO2/c1-4-5-10-18-11-8-17-9-12-19-16-7-6-14(2)13-15(16)3/h6-7,13,17H,4-5,8-12H2,1-3H3. The van der Waals surface area contributed by atoms with Crippen LogP contribution in [-0.2, 0) is 4.74 Å². The summed E-state index contributed by atoms with van der Waals surface area (Å²) in [5.74, 6) is 0.978. The van der Waals surface area contributed by atoms with Crippen molar-refractivity contribution < 1.29 is 9.47 Å². The Morgan fingerprint density at radius 1 is 1.05 bits per heavy atom. The Balaban J connectivity index is 2.01. The lowest BCUT2D eigenvalue weighted by molar-refractivity contribution is 0.132. The molecule has 0 fully saturated rings. The van der Waals surface area contributed by atoms with E-state index >= 15 is 0 Å². The van der Waals surface area contributed by atoms with Gasteiger partial charge in [0.15, 0.2) is 0 Å². The summed E-state index contributed by atoms with van der Waals surface area (Å²) < 4.78 is 11.2. The Hall–Kier alpha value is -1.06. The molecule has 0 atom stereocenters. The lowest BCUT2D eigenvalue weighted by Gasteiger charge is -2.10. The van der Waals surface area contributed by atoms with Crippen LogP contribution in [0.15, 0.2) is 18.2 Å². The van der Waals surface area contributed by atoms with E-state index in [2.05, 4.69) is 38.2 Å². The number of hydrogen-bond acceptors (Lipinski definition) is 3. The van der Waals surface area contributed by atoms with Crippen LogP contribution in [0.25, 0.3) is 0 Å². The molecule has 0 aliphatic heterocycles. The van der Waals surface area contributed by atoms with Crippen molar-refractivity contribution in [1.29, 1.82) is 0 Å². The topological polar surface area (TPSA) is 30.5 Å². The number of ether oxygens (including phenoxy) is 2. The minimum atomic E-state index is 0.693. The molecule has 0 saturated carbocycles. The SMILES string of the molecule is CCCCOCCNCCOc1ccc(C)cc1C. The zero-order valence-corrected chi connectivity index (χ0v) is 12.5. The van der Waals surface area contributed by atoms with E-state index in [-0.39, 0.29) is 0 Å². The number of unbranched alkanes of at least 4 members (excludes halogenated alkanes) is 1. The molecule has 0 amide bonds. The van der Waals surface area contributed by atoms with E-state index in [1.807, 2.05) is 6.07 Å². The Labute approximate surface area is 117 Å². The number of nitrogens with one attached hydrogen (secondary N) is 1. The molecule has 0 aliphatic rings. The molecule has 1 N–H and O–H groups in total. The molecule has 1 aromatic carbocycles. The van der Waals surface area contributed by atoms with E-state index < -0.39 is 0 Å². The second-order valence-corrected chi connectivity index (χ2v) is 4.83. The van der Waals surface area contributed by atoms with Gasteiger partial charge in [0, 0.05) is 19.7 Å². The van der Waals surface area contributed by atoms with Crippen molar-refractivity contribution in [1.82, 2.24) is 5.32 Å². The maximum atomic E-state index is 5.73. The second-order valence-electron chi connectivity index (χ2n) is 4.83. The van der Waals surface area contributed by atoms with Gasteiger partial charge in [-0.25, -0.2) is 0 Å². The zero-order chi connectivity index (χ0) is 13.9. The Morgan fingerprint density at radius 3 is 2.58 bits per heavy atom. The van der Waals surface area contributed by atoms with E-state index in [4.69, 9.17) is 9.47 Å². The molecule has 108 valence electrons. The fourth-order valence-corrected chi connectivity index (χ4v) is 1.81. The minimum absolute atomic E-state index is 0.693. The Bertz CT molecular complexity index is 353. The van der Waals surface area contributed by atoms with Gasteiger partial charge < -0.3 is 14.8 Å². The first kappa shape index (κ1) is 16.0. The predicted molar refractivity (Wildman–Crippen MR) is 80.0 cm³/mol. The predicted octanol–water partition coefficient (Wildman–Crippen LogP) is 3.09. The van der Waals surface area contributed by atoms with Gasteiger partial charge in [0.25, 0.3) is 0 Å². The third-order valence-electron chi connectivity index (χ3n) is 2.93. The van der Waals surface area contributed by atoms with Crippen LogP contribution in [0, 0.1) is 13.8 Å². The molecule has 0 aromatic heterocycles. The zero-order valence-electron chi connectivity index (χ0n) is 12.5. The fourth-order valence-electron chi connectivity index (χ4n) is 1.81. The van der Waals surface area contributed by atoms with E-state index in [0.29, 0.717) is 6.61 Å². The molecule has 1 rings (SSSR count). The molecule has 0 unspecified atom stereocenters. The number of rotatable bonds is 10. The highest BCUT2D eigenvalue weighted by Crippen LogP contribution is 2.18. The van der Waals surface area contributed by atoms with Crippen LogP contribution in [-0.4, -0.2) is 32.9 Å². The van der Waals surface area contributed by atoms with E-state index in [9.17, 15) is 0 Å². The average Bonchev–Trinajstić information content (AvgIpc) is 2.39. The van der Waals surface area contributed by atoms with Crippen molar-refractivity contribution in [3.05, 3.63) is 29.3 Å².